The number of benzene rings is 3. The van der Waals surface area contributed by atoms with Crippen LogP contribution in [0.15, 0.2) is 72.8 Å². The Kier molecular flexibility index (Phi) is 4.72. The lowest BCUT2D eigenvalue weighted by Gasteiger charge is -2.36. The molecule has 1 N–H and O–H groups in total. The molecular weight excluding hydrogens is 396 g/mol. The number of halogens is 1. The van der Waals surface area contributed by atoms with E-state index in [1.165, 1.54) is 10.9 Å². The molecule has 0 unspecified atom stereocenters. The first-order valence-corrected chi connectivity index (χ1v) is 10.3. The van der Waals surface area contributed by atoms with Crippen LogP contribution in [-0.4, -0.2) is 29.4 Å². The van der Waals surface area contributed by atoms with E-state index in [2.05, 4.69) is 23.2 Å². The first kappa shape index (κ1) is 18.8. The minimum absolute atomic E-state index is 0.0447. The Balaban J connectivity index is 1.67. The molecule has 0 saturated heterocycles. The minimum Gasteiger partial charge on any atom is -0.496 e. The van der Waals surface area contributed by atoms with Crippen molar-refractivity contribution in [2.24, 2.45) is 0 Å². The van der Waals surface area contributed by atoms with Gasteiger partial charge >= 0.3 is 0 Å². The molecule has 0 spiro atoms. The number of hydrogen-bond acceptors (Lipinski definition) is 2. The average Bonchev–Trinajstić information content (AvgIpc) is 3.17. The minimum atomic E-state index is -0.226. The van der Waals surface area contributed by atoms with Crippen LogP contribution in [0, 0.1) is 0 Å². The number of amides is 1. The van der Waals surface area contributed by atoms with Gasteiger partial charge in [0.25, 0.3) is 5.91 Å². The summed E-state index contributed by atoms with van der Waals surface area (Å²) in [7, 11) is 1.59. The van der Waals surface area contributed by atoms with Crippen molar-refractivity contribution < 1.29 is 9.53 Å². The van der Waals surface area contributed by atoms with E-state index in [9.17, 15) is 4.79 Å². The number of nitrogens with zero attached hydrogens (tertiary/aromatic N) is 1. The fourth-order valence-corrected chi connectivity index (χ4v) is 4.55. The largest absolute Gasteiger partial charge is 0.496 e. The molecule has 1 aliphatic rings. The first-order valence-electron chi connectivity index (χ1n) is 9.96. The number of methoxy groups -OCH3 is 1. The van der Waals surface area contributed by atoms with Crippen molar-refractivity contribution in [3.8, 4) is 5.75 Å². The van der Waals surface area contributed by atoms with Crippen LogP contribution in [0.5, 0.6) is 5.75 Å². The number of fused-ring (bicyclic) bond motifs is 3. The molecule has 1 aromatic heterocycles. The summed E-state index contributed by atoms with van der Waals surface area (Å²) in [6.07, 6.45) is 0.796. The van der Waals surface area contributed by atoms with E-state index >= 15 is 0 Å². The maximum absolute atomic E-state index is 13.7. The van der Waals surface area contributed by atoms with Gasteiger partial charge in [0.05, 0.1) is 18.7 Å². The molecule has 4 nitrogen and oxygen atoms in total. The predicted molar refractivity (Wildman–Crippen MR) is 119 cm³/mol. The van der Waals surface area contributed by atoms with Gasteiger partial charge in [0.15, 0.2) is 0 Å². The van der Waals surface area contributed by atoms with Crippen molar-refractivity contribution in [3.05, 3.63) is 100 Å². The third-order valence-corrected chi connectivity index (χ3v) is 6.07. The first-order chi connectivity index (χ1) is 14.7. The molecule has 0 fully saturated rings. The normalized spacial score (nSPS) is 15.8. The average molecular weight is 417 g/mol. The number of aromatic amines is 1. The number of hydrogen-bond donors (Lipinski definition) is 1. The fourth-order valence-electron chi connectivity index (χ4n) is 4.43. The molecule has 1 atom stereocenters. The second-order valence-electron chi connectivity index (χ2n) is 7.47. The molecule has 0 bridgehead atoms. The molecule has 0 saturated carbocycles. The van der Waals surface area contributed by atoms with Crippen molar-refractivity contribution in [2.75, 3.05) is 13.7 Å². The van der Waals surface area contributed by atoms with Gasteiger partial charge in [-0.25, -0.2) is 0 Å². The summed E-state index contributed by atoms with van der Waals surface area (Å²) in [4.78, 5) is 19.2. The van der Waals surface area contributed by atoms with Crippen molar-refractivity contribution in [1.82, 2.24) is 9.88 Å². The van der Waals surface area contributed by atoms with Crippen LogP contribution in [0.2, 0.25) is 5.02 Å². The van der Waals surface area contributed by atoms with Gasteiger partial charge in [-0.05, 0) is 47.9 Å². The summed E-state index contributed by atoms with van der Waals surface area (Å²) in [6, 6.07) is 23.2. The highest BCUT2D eigenvalue weighted by molar-refractivity contribution is 6.30. The quantitative estimate of drug-likeness (QED) is 0.471. The van der Waals surface area contributed by atoms with Gasteiger partial charge in [0, 0.05) is 28.2 Å². The van der Waals surface area contributed by atoms with Crippen LogP contribution < -0.4 is 4.74 Å². The molecule has 2 heterocycles. The summed E-state index contributed by atoms with van der Waals surface area (Å²) in [6.45, 7) is 0.624. The SMILES string of the molecule is COc1ccccc1C(=O)N1CCc2c([nH]c3ccccc23)[C@H]1c1ccc(Cl)cc1. The Labute approximate surface area is 180 Å². The number of nitrogens with one attached hydrogen (secondary N) is 1. The highest BCUT2D eigenvalue weighted by Crippen LogP contribution is 2.40. The summed E-state index contributed by atoms with van der Waals surface area (Å²) in [5.74, 6) is 0.538. The van der Waals surface area contributed by atoms with E-state index in [1.54, 1.807) is 7.11 Å². The summed E-state index contributed by atoms with van der Waals surface area (Å²) < 4.78 is 5.46. The third-order valence-electron chi connectivity index (χ3n) is 5.82. The molecule has 1 aliphatic heterocycles. The smallest absolute Gasteiger partial charge is 0.258 e. The second kappa shape index (κ2) is 7.54. The third kappa shape index (κ3) is 3.04. The Morgan fingerprint density at radius 3 is 2.57 bits per heavy atom. The lowest BCUT2D eigenvalue weighted by atomic mass is 9.91. The Morgan fingerprint density at radius 2 is 1.77 bits per heavy atom. The van der Waals surface area contributed by atoms with E-state index in [0.29, 0.717) is 22.9 Å². The molecule has 3 aromatic carbocycles. The van der Waals surface area contributed by atoms with Crippen LogP contribution in [0.1, 0.15) is 33.2 Å². The van der Waals surface area contributed by atoms with Gasteiger partial charge in [-0.1, -0.05) is 54.1 Å². The zero-order valence-corrected chi connectivity index (χ0v) is 17.3. The highest BCUT2D eigenvalue weighted by atomic mass is 35.5. The lowest BCUT2D eigenvalue weighted by molar-refractivity contribution is 0.0688. The van der Waals surface area contributed by atoms with Gasteiger partial charge < -0.3 is 14.6 Å². The van der Waals surface area contributed by atoms with E-state index in [0.717, 1.165) is 23.2 Å². The lowest BCUT2D eigenvalue weighted by Crippen LogP contribution is -2.40. The van der Waals surface area contributed by atoms with Crippen molar-refractivity contribution in [1.29, 1.82) is 0 Å². The van der Waals surface area contributed by atoms with Gasteiger partial charge in [0.1, 0.15) is 5.75 Å². The zero-order valence-electron chi connectivity index (χ0n) is 16.6. The molecule has 0 radical (unpaired) electrons. The van der Waals surface area contributed by atoms with Crippen LogP contribution in [0.3, 0.4) is 0 Å². The number of para-hydroxylation sites is 2. The molecule has 5 rings (SSSR count). The standard InChI is InChI=1S/C25H21ClN2O2/c1-30-22-9-5-3-7-20(22)25(29)28-15-14-19-18-6-2-4-8-21(18)27-23(19)24(28)16-10-12-17(26)13-11-16/h2-13,24,27H,14-15H2,1H3/t24-/m1/s1. The highest BCUT2D eigenvalue weighted by Gasteiger charge is 2.35. The number of carbonyl (C=O) groups is 1. The molecular formula is C25H21ClN2O2. The predicted octanol–water partition coefficient (Wildman–Crippen LogP) is 5.62. The van der Waals surface area contributed by atoms with Crippen molar-refractivity contribution in [3.63, 3.8) is 0 Å². The van der Waals surface area contributed by atoms with Gasteiger partial charge in [-0.3, -0.25) is 4.79 Å². The van der Waals surface area contributed by atoms with Crippen LogP contribution in [-0.2, 0) is 6.42 Å². The zero-order chi connectivity index (χ0) is 20.7. The fraction of sp³-hybridized carbons (Fsp3) is 0.160. The summed E-state index contributed by atoms with van der Waals surface area (Å²) in [5.41, 5.74) is 5.02. The van der Waals surface area contributed by atoms with E-state index < -0.39 is 0 Å². The van der Waals surface area contributed by atoms with Gasteiger partial charge in [-0.2, -0.15) is 0 Å². The number of ether oxygens (including phenoxy) is 1. The maximum atomic E-state index is 13.7. The molecule has 1 amide bonds. The molecule has 0 aliphatic carbocycles. The molecule has 4 aromatic rings. The van der Waals surface area contributed by atoms with Crippen LogP contribution in [0.25, 0.3) is 10.9 Å². The van der Waals surface area contributed by atoms with Crippen LogP contribution >= 0.6 is 11.6 Å². The number of aromatic nitrogens is 1. The monoisotopic (exact) mass is 416 g/mol. The van der Waals surface area contributed by atoms with E-state index in [-0.39, 0.29) is 11.9 Å². The Morgan fingerprint density at radius 1 is 1.03 bits per heavy atom. The van der Waals surface area contributed by atoms with Gasteiger partial charge in [-0.15, -0.1) is 0 Å². The van der Waals surface area contributed by atoms with Crippen molar-refractivity contribution in [2.45, 2.75) is 12.5 Å². The van der Waals surface area contributed by atoms with Crippen molar-refractivity contribution >= 4 is 28.4 Å². The summed E-state index contributed by atoms with van der Waals surface area (Å²) >= 11 is 6.14. The molecule has 150 valence electrons. The second-order valence-corrected chi connectivity index (χ2v) is 7.90. The van der Waals surface area contributed by atoms with E-state index in [1.807, 2.05) is 59.5 Å². The van der Waals surface area contributed by atoms with E-state index in [4.69, 9.17) is 16.3 Å². The number of carbonyl (C=O) groups excluding carboxylic acids is 1. The molecule has 5 heteroatoms. The number of H-pyrrole nitrogens is 1. The van der Waals surface area contributed by atoms with Gasteiger partial charge in [0.2, 0.25) is 0 Å². The topological polar surface area (TPSA) is 45.3 Å². The number of rotatable bonds is 3. The Hall–Kier alpha value is -3.24. The summed E-state index contributed by atoms with van der Waals surface area (Å²) in [5, 5.41) is 1.89. The molecule has 30 heavy (non-hydrogen) atoms. The van der Waals surface area contributed by atoms with Crippen LogP contribution in [0.4, 0.5) is 0 Å². The maximum Gasteiger partial charge on any atom is 0.258 e. The Bertz CT molecular complexity index is 1230.